The van der Waals surface area contributed by atoms with E-state index in [2.05, 4.69) is 31.0 Å². The molecule has 2 N–H and O–H groups in total. The van der Waals surface area contributed by atoms with E-state index < -0.39 is 5.97 Å². The van der Waals surface area contributed by atoms with Gasteiger partial charge < -0.3 is 15.3 Å². The molecule has 0 radical (unpaired) electrons. The lowest BCUT2D eigenvalue weighted by Crippen LogP contribution is -2.30. The van der Waals surface area contributed by atoms with Gasteiger partial charge in [0.05, 0.1) is 6.42 Å². The second kappa shape index (κ2) is 9.60. The summed E-state index contributed by atoms with van der Waals surface area (Å²) >= 11 is 0. The molecular formula is C12H26N2O2. The molecule has 0 heterocycles. The van der Waals surface area contributed by atoms with Crippen LogP contribution in [0.3, 0.4) is 0 Å². The van der Waals surface area contributed by atoms with Crippen molar-refractivity contribution >= 4 is 5.97 Å². The van der Waals surface area contributed by atoms with Gasteiger partial charge in [0.1, 0.15) is 0 Å². The summed E-state index contributed by atoms with van der Waals surface area (Å²) in [5.74, 6) is -0.733. The summed E-state index contributed by atoms with van der Waals surface area (Å²) < 4.78 is 0. The number of nitrogens with one attached hydrogen (secondary N) is 1. The molecule has 0 bridgehead atoms. The second-order valence-electron chi connectivity index (χ2n) is 4.17. The minimum Gasteiger partial charge on any atom is -0.481 e. The van der Waals surface area contributed by atoms with Gasteiger partial charge in [-0.1, -0.05) is 13.8 Å². The SMILES string of the molecule is CCN(CC)CCCC(C)NCCC(=O)O. The van der Waals surface area contributed by atoms with Crippen LogP contribution in [-0.2, 0) is 4.79 Å². The van der Waals surface area contributed by atoms with Crippen LogP contribution in [0, 0.1) is 0 Å². The molecule has 0 aromatic heterocycles. The molecule has 4 heteroatoms. The largest absolute Gasteiger partial charge is 0.481 e. The van der Waals surface area contributed by atoms with E-state index in [-0.39, 0.29) is 6.42 Å². The zero-order valence-corrected chi connectivity index (χ0v) is 10.8. The molecule has 0 saturated carbocycles. The van der Waals surface area contributed by atoms with Crippen LogP contribution < -0.4 is 5.32 Å². The fourth-order valence-electron chi connectivity index (χ4n) is 1.69. The number of aliphatic carboxylic acids is 1. The van der Waals surface area contributed by atoms with Crippen molar-refractivity contribution < 1.29 is 9.90 Å². The van der Waals surface area contributed by atoms with E-state index in [0.717, 1.165) is 26.1 Å². The van der Waals surface area contributed by atoms with Gasteiger partial charge in [-0.15, -0.1) is 0 Å². The standard InChI is InChI=1S/C12H26N2O2/c1-4-14(5-2)10-6-7-11(3)13-9-8-12(15)16/h11,13H,4-10H2,1-3H3,(H,15,16). The highest BCUT2D eigenvalue weighted by Gasteiger charge is 2.04. The van der Waals surface area contributed by atoms with Gasteiger partial charge in [0.2, 0.25) is 0 Å². The molecule has 0 saturated heterocycles. The van der Waals surface area contributed by atoms with Crippen molar-refractivity contribution in [1.82, 2.24) is 10.2 Å². The Balaban J connectivity index is 3.42. The molecule has 0 amide bonds. The highest BCUT2D eigenvalue weighted by atomic mass is 16.4. The fourth-order valence-corrected chi connectivity index (χ4v) is 1.69. The first-order chi connectivity index (χ1) is 7.60. The minimum atomic E-state index is -0.733. The van der Waals surface area contributed by atoms with Crippen LogP contribution in [0.4, 0.5) is 0 Å². The van der Waals surface area contributed by atoms with Crippen molar-refractivity contribution in [1.29, 1.82) is 0 Å². The summed E-state index contributed by atoms with van der Waals surface area (Å²) in [5.41, 5.74) is 0. The van der Waals surface area contributed by atoms with Crippen LogP contribution in [0.2, 0.25) is 0 Å². The van der Waals surface area contributed by atoms with E-state index in [1.165, 1.54) is 6.42 Å². The molecule has 0 aromatic rings. The highest BCUT2D eigenvalue weighted by molar-refractivity contribution is 5.66. The molecule has 1 atom stereocenters. The van der Waals surface area contributed by atoms with E-state index >= 15 is 0 Å². The van der Waals surface area contributed by atoms with Gasteiger partial charge in [0.15, 0.2) is 0 Å². The first-order valence-electron chi connectivity index (χ1n) is 6.27. The first kappa shape index (κ1) is 15.4. The lowest BCUT2D eigenvalue weighted by Gasteiger charge is -2.19. The summed E-state index contributed by atoms with van der Waals surface area (Å²) in [6.45, 7) is 10.4. The zero-order valence-electron chi connectivity index (χ0n) is 10.8. The summed E-state index contributed by atoms with van der Waals surface area (Å²) in [4.78, 5) is 12.7. The molecule has 0 aliphatic heterocycles. The van der Waals surface area contributed by atoms with Crippen LogP contribution in [-0.4, -0.2) is 48.2 Å². The Bertz CT molecular complexity index is 182. The topological polar surface area (TPSA) is 52.6 Å². The number of hydrogen-bond donors (Lipinski definition) is 2. The van der Waals surface area contributed by atoms with Crippen LogP contribution in [0.5, 0.6) is 0 Å². The number of hydrogen-bond acceptors (Lipinski definition) is 3. The van der Waals surface area contributed by atoms with Gasteiger partial charge in [-0.05, 0) is 39.4 Å². The predicted molar refractivity (Wildman–Crippen MR) is 66.7 cm³/mol. The Morgan fingerprint density at radius 1 is 1.38 bits per heavy atom. The third-order valence-corrected chi connectivity index (χ3v) is 2.84. The molecule has 0 spiro atoms. The van der Waals surface area contributed by atoms with Gasteiger partial charge in [-0.25, -0.2) is 0 Å². The number of carboxylic acids is 1. The lowest BCUT2D eigenvalue weighted by molar-refractivity contribution is -0.136. The Morgan fingerprint density at radius 3 is 2.50 bits per heavy atom. The van der Waals surface area contributed by atoms with E-state index in [1.807, 2.05) is 0 Å². The highest BCUT2D eigenvalue weighted by Crippen LogP contribution is 1.99. The first-order valence-corrected chi connectivity index (χ1v) is 6.27. The van der Waals surface area contributed by atoms with Crippen molar-refractivity contribution in [3.8, 4) is 0 Å². The van der Waals surface area contributed by atoms with Crippen molar-refractivity contribution in [2.75, 3.05) is 26.2 Å². The normalized spacial score (nSPS) is 13.0. The Hall–Kier alpha value is -0.610. The smallest absolute Gasteiger partial charge is 0.304 e. The van der Waals surface area contributed by atoms with Gasteiger partial charge in [-0.2, -0.15) is 0 Å². The average molecular weight is 230 g/mol. The van der Waals surface area contributed by atoms with Crippen LogP contribution in [0.25, 0.3) is 0 Å². The molecule has 1 unspecified atom stereocenters. The number of carboxylic acid groups (broad SMARTS) is 1. The van der Waals surface area contributed by atoms with Crippen LogP contribution >= 0.6 is 0 Å². The molecule has 0 aliphatic carbocycles. The molecule has 96 valence electrons. The quantitative estimate of drug-likeness (QED) is 0.598. The van der Waals surface area contributed by atoms with E-state index in [0.29, 0.717) is 12.6 Å². The van der Waals surface area contributed by atoms with Crippen molar-refractivity contribution in [2.45, 2.75) is 46.1 Å². The fraction of sp³-hybridized carbons (Fsp3) is 0.917. The number of nitrogens with zero attached hydrogens (tertiary/aromatic N) is 1. The molecule has 0 aliphatic rings. The molecule has 0 fully saturated rings. The van der Waals surface area contributed by atoms with Gasteiger partial charge in [0, 0.05) is 12.6 Å². The van der Waals surface area contributed by atoms with E-state index in [1.54, 1.807) is 0 Å². The Kier molecular flexibility index (Phi) is 9.24. The third-order valence-electron chi connectivity index (χ3n) is 2.84. The molecule has 4 nitrogen and oxygen atoms in total. The monoisotopic (exact) mass is 230 g/mol. The van der Waals surface area contributed by atoms with Crippen molar-refractivity contribution in [2.24, 2.45) is 0 Å². The minimum absolute atomic E-state index is 0.209. The molecule has 0 aromatic carbocycles. The lowest BCUT2D eigenvalue weighted by atomic mass is 10.1. The summed E-state index contributed by atoms with van der Waals surface area (Å²) in [7, 11) is 0. The second-order valence-corrected chi connectivity index (χ2v) is 4.17. The van der Waals surface area contributed by atoms with Crippen molar-refractivity contribution in [3.63, 3.8) is 0 Å². The maximum Gasteiger partial charge on any atom is 0.304 e. The van der Waals surface area contributed by atoms with E-state index in [4.69, 9.17) is 5.11 Å². The molecule has 0 rings (SSSR count). The maximum absolute atomic E-state index is 10.3. The summed E-state index contributed by atoms with van der Waals surface area (Å²) in [6.07, 6.45) is 2.49. The zero-order chi connectivity index (χ0) is 12.4. The Labute approximate surface area is 99.0 Å². The molecule has 16 heavy (non-hydrogen) atoms. The van der Waals surface area contributed by atoms with Gasteiger partial charge in [0.25, 0.3) is 0 Å². The maximum atomic E-state index is 10.3. The Morgan fingerprint density at radius 2 is 2.00 bits per heavy atom. The summed E-state index contributed by atoms with van der Waals surface area (Å²) in [6, 6.07) is 0.412. The van der Waals surface area contributed by atoms with Crippen molar-refractivity contribution in [3.05, 3.63) is 0 Å². The van der Waals surface area contributed by atoms with Gasteiger partial charge >= 0.3 is 5.97 Å². The third kappa shape index (κ3) is 8.68. The average Bonchev–Trinajstić information content (AvgIpc) is 2.24. The molecular weight excluding hydrogens is 204 g/mol. The van der Waals surface area contributed by atoms with Crippen LogP contribution in [0.1, 0.15) is 40.0 Å². The number of carbonyl (C=O) groups is 1. The number of rotatable bonds is 10. The predicted octanol–water partition coefficient (Wildman–Crippen LogP) is 1.56. The van der Waals surface area contributed by atoms with Gasteiger partial charge in [-0.3, -0.25) is 4.79 Å². The van der Waals surface area contributed by atoms with Crippen LogP contribution in [0.15, 0.2) is 0 Å². The summed E-state index contributed by atoms with van der Waals surface area (Å²) in [5, 5.41) is 11.7. The van der Waals surface area contributed by atoms with E-state index in [9.17, 15) is 4.79 Å².